The fourth-order valence-corrected chi connectivity index (χ4v) is 2.14. The zero-order valence-electron chi connectivity index (χ0n) is 15.2. The van der Waals surface area contributed by atoms with Crippen LogP contribution in [0.4, 0.5) is 5.69 Å². The van der Waals surface area contributed by atoms with Gasteiger partial charge in [-0.2, -0.15) is 0 Å². The van der Waals surface area contributed by atoms with Gasteiger partial charge in [-0.15, -0.1) is 0 Å². The number of amides is 2. The quantitative estimate of drug-likeness (QED) is 0.715. The van der Waals surface area contributed by atoms with E-state index in [2.05, 4.69) is 10.6 Å². The second kappa shape index (κ2) is 7.87. The van der Waals surface area contributed by atoms with Crippen molar-refractivity contribution < 1.29 is 19.5 Å². The molecule has 3 N–H and O–H groups in total. The van der Waals surface area contributed by atoms with Gasteiger partial charge in [0.2, 0.25) is 5.91 Å². The summed E-state index contributed by atoms with van der Waals surface area (Å²) < 4.78 is 0. The Labute approximate surface area is 152 Å². The van der Waals surface area contributed by atoms with E-state index in [0.717, 1.165) is 0 Å². The van der Waals surface area contributed by atoms with Crippen molar-refractivity contribution in [3.63, 3.8) is 0 Å². The molecule has 0 spiro atoms. The third-order valence-electron chi connectivity index (χ3n) is 3.46. The Morgan fingerprint density at radius 3 is 2.24 bits per heavy atom. The third kappa shape index (κ3) is 6.74. The summed E-state index contributed by atoms with van der Waals surface area (Å²) >= 11 is 6.06. The van der Waals surface area contributed by atoms with E-state index in [4.69, 9.17) is 16.7 Å². The van der Waals surface area contributed by atoms with Crippen LogP contribution < -0.4 is 10.6 Å². The molecule has 0 aliphatic heterocycles. The number of rotatable bonds is 6. The number of benzene rings is 1. The highest BCUT2D eigenvalue weighted by molar-refractivity contribution is 6.34. The summed E-state index contributed by atoms with van der Waals surface area (Å²) in [5.74, 6) is -1.67. The number of carboxylic acids is 1. The van der Waals surface area contributed by atoms with Crippen molar-refractivity contribution in [2.75, 3.05) is 11.9 Å². The third-order valence-corrected chi connectivity index (χ3v) is 3.79. The molecule has 1 aromatic carbocycles. The van der Waals surface area contributed by atoms with Crippen LogP contribution in [0.1, 0.15) is 51.4 Å². The number of halogens is 1. The van der Waals surface area contributed by atoms with Gasteiger partial charge in [0.25, 0.3) is 5.91 Å². The topological polar surface area (TPSA) is 95.5 Å². The maximum atomic E-state index is 12.3. The number of carboxylic acid groups (broad SMARTS) is 1. The highest BCUT2D eigenvalue weighted by Crippen LogP contribution is 2.23. The molecule has 6 nitrogen and oxygen atoms in total. The fraction of sp³-hybridized carbons (Fsp3) is 0.500. The summed E-state index contributed by atoms with van der Waals surface area (Å²) in [6.45, 7) is 8.85. The van der Waals surface area contributed by atoms with Crippen LogP contribution in [0.15, 0.2) is 18.2 Å². The first kappa shape index (κ1) is 21.0. The van der Waals surface area contributed by atoms with Crippen LogP contribution in [0.3, 0.4) is 0 Å². The van der Waals surface area contributed by atoms with E-state index < -0.39 is 17.3 Å². The standard InChI is InChI=1S/C18H25ClN2O4/c1-17(2,3)9-14(22)21-11-6-7-13(19)12(8-11)15(23)20-10-18(4,5)16(24)25/h6-8H,9-10H2,1-5H3,(H,20,23)(H,21,22)(H,24,25). The SMILES string of the molecule is CC(C)(C)CC(=O)Nc1ccc(Cl)c(C(=O)NCC(C)(C)C(=O)O)c1. The molecule has 0 saturated heterocycles. The lowest BCUT2D eigenvalue weighted by atomic mass is 9.92. The molecule has 138 valence electrons. The Morgan fingerprint density at radius 1 is 1.12 bits per heavy atom. The molecule has 7 heteroatoms. The van der Waals surface area contributed by atoms with Crippen LogP contribution in [0.2, 0.25) is 5.02 Å². The van der Waals surface area contributed by atoms with Crippen molar-refractivity contribution in [3.8, 4) is 0 Å². The van der Waals surface area contributed by atoms with Gasteiger partial charge < -0.3 is 15.7 Å². The molecular formula is C18H25ClN2O4. The van der Waals surface area contributed by atoms with Gasteiger partial charge in [0.1, 0.15) is 0 Å². The van der Waals surface area contributed by atoms with E-state index in [1.54, 1.807) is 6.07 Å². The summed E-state index contributed by atoms with van der Waals surface area (Å²) in [6.07, 6.45) is 0.337. The second-order valence-electron chi connectivity index (χ2n) is 7.85. The van der Waals surface area contributed by atoms with Gasteiger partial charge in [0, 0.05) is 18.7 Å². The first-order valence-corrected chi connectivity index (χ1v) is 8.31. The van der Waals surface area contributed by atoms with Gasteiger partial charge >= 0.3 is 5.97 Å². The summed E-state index contributed by atoms with van der Waals surface area (Å²) in [5.41, 5.74) is -0.613. The molecular weight excluding hydrogens is 344 g/mol. The molecule has 0 atom stereocenters. The minimum Gasteiger partial charge on any atom is -0.481 e. The summed E-state index contributed by atoms with van der Waals surface area (Å²) in [7, 11) is 0. The zero-order chi connectivity index (χ0) is 19.4. The van der Waals surface area contributed by atoms with E-state index in [1.165, 1.54) is 26.0 Å². The number of hydrogen-bond donors (Lipinski definition) is 3. The highest BCUT2D eigenvalue weighted by atomic mass is 35.5. The fourth-order valence-electron chi connectivity index (χ4n) is 1.94. The Bertz CT molecular complexity index is 678. The van der Waals surface area contributed by atoms with Gasteiger partial charge in [-0.25, -0.2) is 0 Å². The summed E-state index contributed by atoms with van der Waals surface area (Å²) in [5, 5.41) is 14.6. The van der Waals surface area contributed by atoms with Gasteiger partial charge in [0.05, 0.1) is 16.0 Å². The van der Waals surface area contributed by atoms with Gasteiger partial charge in [-0.05, 0) is 37.5 Å². The summed E-state index contributed by atoms with van der Waals surface area (Å²) in [6, 6.07) is 4.61. The Kier molecular flexibility index (Phi) is 6.60. The number of carbonyl (C=O) groups excluding carboxylic acids is 2. The largest absolute Gasteiger partial charge is 0.481 e. The molecule has 0 aliphatic carbocycles. The van der Waals surface area contributed by atoms with E-state index in [0.29, 0.717) is 12.1 Å². The molecule has 0 heterocycles. The second-order valence-corrected chi connectivity index (χ2v) is 8.26. The average molecular weight is 369 g/mol. The van der Waals surface area contributed by atoms with Crippen LogP contribution in [0.25, 0.3) is 0 Å². The van der Waals surface area contributed by atoms with Crippen molar-refractivity contribution in [1.82, 2.24) is 5.32 Å². The molecule has 1 rings (SSSR count). The van der Waals surface area contributed by atoms with E-state index in [1.807, 2.05) is 20.8 Å². The van der Waals surface area contributed by atoms with E-state index >= 15 is 0 Å². The molecule has 0 saturated carbocycles. The van der Waals surface area contributed by atoms with Crippen LogP contribution in [0.5, 0.6) is 0 Å². The van der Waals surface area contributed by atoms with Crippen molar-refractivity contribution >= 4 is 35.1 Å². The van der Waals surface area contributed by atoms with Gasteiger partial charge in [-0.1, -0.05) is 32.4 Å². The zero-order valence-corrected chi connectivity index (χ0v) is 16.0. The van der Waals surface area contributed by atoms with Crippen molar-refractivity contribution in [2.45, 2.75) is 41.0 Å². The molecule has 0 bridgehead atoms. The molecule has 0 aromatic heterocycles. The predicted octanol–water partition coefficient (Wildman–Crippen LogP) is 3.56. The highest BCUT2D eigenvalue weighted by Gasteiger charge is 2.28. The molecule has 0 fully saturated rings. The molecule has 0 unspecified atom stereocenters. The lowest BCUT2D eigenvalue weighted by Gasteiger charge is -2.20. The first-order valence-electron chi connectivity index (χ1n) is 7.93. The maximum Gasteiger partial charge on any atom is 0.310 e. The Hall–Kier alpha value is -2.08. The lowest BCUT2D eigenvalue weighted by molar-refractivity contribution is -0.146. The van der Waals surface area contributed by atoms with E-state index in [-0.39, 0.29) is 28.5 Å². The van der Waals surface area contributed by atoms with Crippen molar-refractivity contribution in [1.29, 1.82) is 0 Å². The smallest absolute Gasteiger partial charge is 0.310 e. The number of carbonyl (C=O) groups is 3. The minimum atomic E-state index is -1.10. The average Bonchev–Trinajstić information content (AvgIpc) is 2.44. The monoisotopic (exact) mass is 368 g/mol. The van der Waals surface area contributed by atoms with Crippen LogP contribution in [0, 0.1) is 10.8 Å². The predicted molar refractivity (Wildman–Crippen MR) is 97.9 cm³/mol. The number of hydrogen-bond acceptors (Lipinski definition) is 3. The first-order chi connectivity index (χ1) is 11.3. The summed E-state index contributed by atoms with van der Waals surface area (Å²) in [4.78, 5) is 35.4. The minimum absolute atomic E-state index is 0.0435. The van der Waals surface area contributed by atoms with Crippen molar-refractivity contribution in [2.24, 2.45) is 10.8 Å². The number of nitrogens with one attached hydrogen (secondary N) is 2. The Balaban J connectivity index is 2.85. The lowest BCUT2D eigenvalue weighted by Crippen LogP contribution is -2.39. The molecule has 0 aliphatic rings. The molecule has 25 heavy (non-hydrogen) atoms. The maximum absolute atomic E-state index is 12.3. The number of anilines is 1. The molecule has 1 aromatic rings. The van der Waals surface area contributed by atoms with Crippen LogP contribution in [-0.4, -0.2) is 29.4 Å². The normalized spacial score (nSPS) is 11.8. The van der Waals surface area contributed by atoms with E-state index in [9.17, 15) is 14.4 Å². The Morgan fingerprint density at radius 2 is 1.72 bits per heavy atom. The van der Waals surface area contributed by atoms with Crippen LogP contribution in [-0.2, 0) is 9.59 Å². The number of aliphatic carboxylic acids is 1. The van der Waals surface area contributed by atoms with Crippen LogP contribution >= 0.6 is 11.6 Å². The molecule has 0 radical (unpaired) electrons. The van der Waals surface area contributed by atoms with Crippen molar-refractivity contribution in [3.05, 3.63) is 28.8 Å². The van der Waals surface area contributed by atoms with Gasteiger partial charge in [-0.3, -0.25) is 14.4 Å². The molecule has 2 amide bonds. The van der Waals surface area contributed by atoms with Gasteiger partial charge in [0.15, 0.2) is 0 Å².